The third-order valence-corrected chi connectivity index (χ3v) is 1.63. The largest absolute Gasteiger partial charge is 0.480 e. The van der Waals surface area contributed by atoms with Crippen molar-refractivity contribution < 1.29 is 14.7 Å². The smallest absolute Gasteiger partial charge is 0.329 e. The van der Waals surface area contributed by atoms with Gasteiger partial charge in [0.1, 0.15) is 0 Å². The van der Waals surface area contributed by atoms with Crippen molar-refractivity contribution in [3.63, 3.8) is 0 Å². The first-order valence-electron chi connectivity index (χ1n) is 3.43. The monoisotopic (exact) mass is 157 g/mol. The number of carboxylic acid groups (broad SMARTS) is 1. The van der Waals surface area contributed by atoms with Gasteiger partial charge in [0.2, 0.25) is 6.08 Å². The summed E-state index contributed by atoms with van der Waals surface area (Å²) >= 11 is 0. The third-order valence-electron chi connectivity index (χ3n) is 1.63. The van der Waals surface area contributed by atoms with Crippen LogP contribution in [0.3, 0.4) is 0 Å². The Morgan fingerprint density at radius 2 is 2.27 bits per heavy atom. The van der Waals surface area contributed by atoms with E-state index in [9.17, 15) is 9.59 Å². The van der Waals surface area contributed by atoms with Crippen LogP contribution in [0.25, 0.3) is 0 Å². The molecule has 4 nitrogen and oxygen atoms in total. The Kier molecular flexibility index (Phi) is 4.15. The first-order valence-corrected chi connectivity index (χ1v) is 3.43. The highest BCUT2D eigenvalue weighted by Crippen LogP contribution is 2.10. The normalized spacial score (nSPS) is 14.7. The summed E-state index contributed by atoms with van der Waals surface area (Å²) in [6, 6.07) is -0.933. The molecule has 0 saturated heterocycles. The minimum Gasteiger partial charge on any atom is -0.480 e. The van der Waals surface area contributed by atoms with E-state index in [1.165, 1.54) is 6.08 Å². The Morgan fingerprint density at radius 3 is 2.55 bits per heavy atom. The van der Waals surface area contributed by atoms with Crippen LogP contribution < -0.4 is 0 Å². The second-order valence-corrected chi connectivity index (χ2v) is 2.39. The van der Waals surface area contributed by atoms with Crippen LogP contribution in [0.5, 0.6) is 0 Å². The standard InChI is InChI=1S/C7H11NO3/c1-3-5(2)6(7(10)11)8-4-9/h5-6H,3H2,1-2H3,(H,10,11)/t5-,6-/m0/s1. The molecule has 4 heteroatoms. The van der Waals surface area contributed by atoms with Gasteiger partial charge in [-0.2, -0.15) is 4.99 Å². The van der Waals surface area contributed by atoms with Gasteiger partial charge in [0.05, 0.1) is 0 Å². The highest BCUT2D eigenvalue weighted by atomic mass is 16.4. The van der Waals surface area contributed by atoms with Crippen molar-refractivity contribution in [3.8, 4) is 0 Å². The summed E-state index contributed by atoms with van der Waals surface area (Å²) < 4.78 is 0. The van der Waals surface area contributed by atoms with Gasteiger partial charge in [-0.15, -0.1) is 0 Å². The first-order chi connectivity index (χ1) is 5.13. The summed E-state index contributed by atoms with van der Waals surface area (Å²) in [5.74, 6) is -1.18. The van der Waals surface area contributed by atoms with E-state index in [0.29, 0.717) is 6.42 Å². The molecule has 0 aliphatic rings. The predicted octanol–water partition coefficient (Wildman–Crippen LogP) is 0.822. The van der Waals surface area contributed by atoms with Crippen LogP contribution in [0.4, 0.5) is 0 Å². The summed E-state index contributed by atoms with van der Waals surface area (Å²) in [5.41, 5.74) is 0. The molecule has 0 spiro atoms. The Labute approximate surface area is 64.9 Å². The third kappa shape index (κ3) is 2.96. The lowest BCUT2D eigenvalue weighted by molar-refractivity contribution is -0.139. The minimum absolute atomic E-state index is 0.117. The lowest BCUT2D eigenvalue weighted by Gasteiger charge is -2.11. The first kappa shape index (κ1) is 9.85. The van der Waals surface area contributed by atoms with Crippen LogP contribution in [0.1, 0.15) is 20.3 Å². The maximum atomic E-state index is 10.4. The average molecular weight is 157 g/mol. The van der Waals surface area contributed by atoms with Crippen molar-refractivity contribution in [1.82, 2.24) is 0 Å². The van der Waals surface area contributed by atoms with Gasteiger partial charge in [0.15, 0.2) is 6.04 Å². The minimum atomic E-state index is -1.07. The van der Waals surface area contributed by atoms with Crippen molar-refractivity contribution in [2.45, 2.75) is 26.3 Å². The van der Waals surface area contributed by atoms with E-state index >= 15 is 0 Å². The van der Waals surface area contributed by atoms with Crippen molar-refractivity contribution in [2.75, 3.05) is 0 Å². The van der Waals surface area contributed by atoms with E-state index in [4.69, 9.17) is 5.11 Å². The number of rotatable bonds is 4. The SMILES string of the molecule is CC[C@H](C)[C@H](N=C=O)C(=O)O. The molecule has 0 aromatic heterocycles. The van der Waals surface area contributed by atoms with Crippen LogP contribution in [0.2, 0.25) is 0 Å². The highest BCUT2D eigenvalue weighted by molar-refractivity contribution is 5.75. The number of hydrogen-bond donors (Lipinski definition) is 1. The Balaban J connectivity index is 4.32. The zero-order chi connectivity index (χ0) is 8.85. The molecular formula is C7H11NO3. The molecule has 0 unspecified atom stereocenters. The van der Waals surface area contributed by atoms with Gasteiger partial charge in [0.25, 0.3) is 0 Å². The zero-order valence-corrected chi connectivity index (χ0v) is 6.57. The number of hydrogen-bond acceptors (Lipinski definition) is 3. The molecule has 0 amide bonds. The number of aliphatic imine (C=N–C) groups is 1. The maximum absolute atomic E-state index is 10.4. The number of nitrogens with zero attached hydrogens (tertiary/aromatic N) is 1. The van der Waals surface area contributed by atoms with Crippen molar-refractivity contribution >= 4 is 12.0 Å². The Morgan fingerprint density at radius 1 is 1.73 bits per heavy atom. The van der Waals surface area contributed by atoms with E-state index in [2.05, 4.69) is 4.99 Å². The van der Waals surface area contributed by atoms with Crippen molar-refractivity contribution in [2.24, 2.45) is 10.9 Å². The topological polar surface area (TPSA) is 66.7 Å². The summed E-state index contributed by atoms with van der Waals surface area (Å²) in [6.07, 6.45) is 1.94. The van der Waals surface area contributed by atoms with Crippen molar-refractivity contribution in [3.05, 3.63) is 0 Å². The molecule has 1 N–H and O–H groups in total. The molecule has 0 fully saturated rings. The van der Waals surface area contributed by atoms with Gasteiger partial charge in [0, 0.05) is 0 Å². The van der Waals surface area contributed by atoms with Crippen LogP contribution in [-0.4, -0.2) is 23.2 Å². The fraction of sp³-hybridized carbons (Fsp3) is 0.714. The van der Waals surface area contributed by atoms with Crippen LogP contribution in [0.15, 0.2) is 4.99 Å². The number of carbonyl (C=O) groups is 1. The maximum Gasteiger partial charge on any atom is 0.329 e. The molecule has 11 heavy (non-hydrogen) atoms. The molecule has 0 aromatic carbocycles. The zero-order valence-electron chi connectivity index (χ0n) is 6.57. The van der Waals surface area contributed by atoms with Gasteiger partial charge in [-0.25, -0.2) is 9.59 Å². The molecule has 0 bridgehead atoms. The number of isocyanates is 1. The Bertz CT molecular complexity index is 182. The molecule has 0 aliphatic heterocycles. The highest BCUT2D eigenvalue weighted by Gasteiger charge is 2.22. The average Bonchev–Trinajstić information content (AvgIpc) is 1.98. The molecule has 0 radical (unpaired) electrons. The van der Waals surface area contributed by atoms with E-state index in [0.717, 1.165) is 0 Å². The van der Waals surface area contributed by atoms with Crippen LogP contribution in [0, 0.1) is 5.92 Å². The number of carboxylic acids is 1. The molecule has 62 valence electrons. The lowest BCUT2D eigenvalue weighted by atomic mass is 10.0. The Hall–Kier alpha value is -1.15. The summed E-state index contributed by atoms with van der Waals surface area (Å²) in [7, 11) is 0. The fourth-order valence-corrected chi connectivity index (χ4v) is 0.706. The summed E-state index contributed by atoms with van der Waals surface area (Å²) in [6.45, 7) is 3.58. The molecule has 0 aromatic rings. The van der Waals surface area contributed by atoms with Crippen LogP contribution in [-0.2, 0) is 9.59 Å². The fourth-order valence-electron chi connectivity index (χ4n) is 0.706. The van der Waals surface area contributed by atoms with E-state index in [1.54, 1.807) is 6.92 Å². The van der Waals surface area contributed by atoms with Gasteiger partial charge in [-0.05, 0) is 5.92 Å². The molecular weight excluding hydrogens is 146 g/mol. The van der Waals surface area contributed by atoms with Gasteiger partial charge in [-0.1, -0.05) is 20.3 Å². The van der Waals surface area contributed by atoms with E-state index in [-0.39, 0.29) is 5.92 Å². The van der Waals surface area contributed by atoms with Gasteiger partial charge >= 0.3 is 5.97 Å². The molecule has 2 atom stereocenters. The lowest BCUT2D eigenvalue weighted by Crippen LogP contribution is -2.25. The quantitative estimate of drug-likeness (QED) is 0.485. The second kappa shape index (κ2) is 4.63. The second-order valence-electron chi connectivity index (χ2n) is 2.39. The van der Waals surface area contributed by atoms with Gasteiger partial charge in [-0.3, -0.25) is 0 Å². The molecule has 0 aliphatic carbocycles. The van der Waals surface area contributed by atoms with Gasteiger partial charge < -0.3 is 5.11 Å². The summed E-state index contributed by atoms with van der Waals surface area (Å²) in [4.78, 5) is 23.4. The molecule has 0 saturated carbocycles. The summed E-state index contributed by atoms with van der Waals surface area (Å²) in [5, 5.41) is 8.53. The predicted molar refractivity (Wildman–Crippen MR) is 39.0 cm³/mol. The molecule has 0 heterocycles. The van der Waals surface area contributed by atoms with E-state index in [1.807, 2.05) is 6.92 Å². The van der Waals surface area contributed by atoms with E-state index < -0.39 is 12.0 Å². The van der Waals surface area contributed by atoms with Crippen LogP contribution >= 0.6 is 0 Å². The number of carbonyl (C=O) groups excluding carboxylic acids is 1. The molecule has 0 rings (SSSR count). The number of aliphatic carboxylic acids is 1. The van der Waals surface area contributed by atoms with Crippen molar-refractivity contribution in [1.29, 1.82) is 0 Å².